The summed E-state index contributed by atoms with van der Waals surface area (Å²) in [6.45, 7) is 3.65. The summed E-state index contributed by atoms with van der Waals surface area (Å²) in [5.41, 5.74) is -0.696. The van der Waals surface area contributed by atoms with Gasteiger partial charge in [0.1, 0.15) is 11.3 Å². The van der Waals surface area contributed by atoms with Crippen LogP contribution < -0.4 is 10.9 Å². The molecular formula is C10H14N2O3. The summed E-state index contributed by atoms with van der Waals surface area (Å²) in [4.78, 5) is 23.1. The first-order valence-electron chi connectivity index (χ1n) is 4.65. The number of rotatable bonds is 2. The summed E-state index contributed by atoms with van der Waals surface area (Å²) in [7, 11) is 1.41. The fraction of sp³-hybridized carbons (Fsp3) is 0.400. The molecule has 1 rings (SSSR count). The minimum atomic E-state index is -0.576. The molecule has 0 spiro atoms. The van der Waals surface area contributed by atoms with Crippen molar-refractivity contribution >= 4 is 5.91 Å². The molecule has 2 N–H and O–H groups in total. The molecule has 0 bridgehead atoms. The summed E-state index contributed by atoms with van der Waals surface area (Å²) < 4.78 is 1.39. The van der Waals surface area contributed by atoms with Gasteiger partial charge in [-0.25, -0.2) is 0 Å². The maximum Gasteiger partial charge on any atom is 0.267 e. The van der Waals surface area contributed by atoms with Gasteiger partial charge in [0.25, 0.3) is 11.5 Å². The van der Waals surface area contributed by atoms with Gasteiger partial charge in [-0.3, -0.25) is 9.59 Å². The number of nitrogens with one attached hydrogen (secondary N) is 1. The second kappa shape index (κ2) is 4.16. The third-order valence-corrected chi connectivity index (χ3v) is 2.11. The van der Waals surface area contributed by atoms with Crippen LogP contribution >= 0.6 is 0 Å². The molecule has 5 heteroatoms. The molecule has 1 heterocycles. The molecular weight excluding hydrogens is 196 g/mol. The number of hydrogen-bond acceptors (Lipinski definition) is 3. The van der Waals surface area contributed by atoms with Crippen molar-refractivity contribution in [3.8, 4) is 5.75 Å². The van der Waals surface area contributed by atoms with Crippen molar-refractivity contribution in [3.05, 3.63) is 28.2 Å². The van der Waals surface area contributed by atoms with Crippen molar-refractivity contribution in [3.63, 3.8) is 0 Å². The van der Waals surface area contributed by atoms with Crippen molar-refractivity contribution in [1.29, 1.82) is 0 Å². The van der Waals surface area contributed by atoms with Crippen molar-refractivity contribution in [1.82, 2.24) is 9.88 Å². The molecule has 1 amide bonds. The summed E-state index contributed by atoms with van der Waals surface area (Å²) in [5.74, 6) is -0.872. The molecule has 0 radical (unpaired) electrons. The predicted molar refractivity (Wildman–Crippen MR) is 56.1 cm³/mol. The van der Waals surface area contributed by atoms with E-state index in [2.05, 4.69) is 5.32 Å². The van der Waals surface area contributed by atoms with Gasteiger partial charge in [0.2, 0.25) is 0 Å². The first kappa shape index (κ1) is 11.3. The zero-order valence-corrected chi connectivity index (χ0v) is 8.94. The second-order valence-corrected chi connectivity index (χ2v) is 3.46. The van der Waals surface area contributed by atoms with Crippen LogP contribution in [0.1, 0.15) is 30.2 Å². The Hall–Kier alpha value is -1.78. The molecule has 15 heavy (non-hydrogen) atoms. The minimum absolute atomic E-state index is 0.0542. The highest BCUT2D eigenvalue weighted by Crippen LogP contribution is 2.13. The van der Waals surface area contributed by atoms with E-state index in [0.29, 0.717) is 0 Å². The smallest absolute Gasteiger partial charge is 0.267 e. The van der Waals surface area contributed by atoms with Gasteiger partial charge in [-0.2, -0.15) is 0 Å². The van der Waals surface area contributed by atoms with E-state index in [1.807, 2.05) is 13.8 Å². The highest BCUT2D eigenvalue weighted by molar-refractivity contribution is 5.96. The molecule has 1 aromatic rings. The Balaban J connectivity index is 3.44. The Morgan fingerprint density at radius 3 is 2.60 bits per heavy atom. The van der Waals surface area contributed by atoms with E-state index in [4.69, 9.17) is 0 Å². The number of aromatic nitrogens is 1. The maximum absolute atomic E-state index is 11.8. The molecule has 0 fully saturated rings. The van der Waals surface area contributed by atoms with E-state index in [1.165, 1.54) is 23.9 Å². The lowest BCUT2D eigenvalue weighted by Crippen LogP contribution is -2.31. The Morgan fingerprint density at radius 1 is 1.53 bits per heavy atom. The average Bonchev–Trinajstić information content (AvgIpc) is 2.16. The summed E-state index contributed by atoms with van der Waals surface area (Å²) in [5, 5.41) is 11.7. The molecule has 1 aromatic heterocycles. The molecule has 0 aliphatic rings. The number of nitrogens with zero attached hydrogens (tertiary/aromatic N) is 1. The number of carbonyl (C=O) groups excluding carboxylic acids is 1. The SMILES string of the molecule is CNC(=O)c1c(O)ccn(C(C)C)c1=O. The van der Waals surface area contributed by atoms with Crippen LogP contribution in [0.25, 0.3) is 0 Å². The van der Waals surface area contributed by atoms with Gasteiger partial charge in [-0.1, -0.05) is 0 Å². The largest absolute Gasteiger partial charge is 0.507 e. The van der Waals surface area contributed by atoms with Crippen LogP contribution in [-0.4, -0.2) is 22.6 Å². The first-order valence-corrected chi connectivity index (χ1v) is 4.65. The van der Waals surface area contributed by atoms with Crippen LogP contribution in [-0.2, 0) is 0 Å². The predicted octanol–water partition coefficient (Wildman–Crippen LogP) is 0.494. The number of aromatic hydroxyl groups is 1. The van der Waals surface area contributed by atoms with Gasteiger partial charge in [0, 0.05) is 19.3 Å². The lowest BCUT2D eigenvalue weighted by atomic mass is 10.2. The number of carbonyl (C=O) groups is 1. The zero-order valence-electron chi connectivity index (χ0n) is 8.94. The minimum Gasteiger partial charge on any atom is -0.507 e. The van der Waals surface area contributed by atoms with E-state index in [1.54, 1.807) is 0 Å². The van der Waals surface area contributed by atoms with Gasteiger partial charge in [0.15, 0.2) is 0 Å². The highest BCUT2D eigenvalue weighted by Gasteiger charge is 2.17. The molecule has 5 nitrogen and oxygen atoms in total. The molecule has 0 aliphatic heterocycles. The highest BCUT2D eigenvalue weighted by atomic mass is 16.3. The standard InChI is InChI=1S/C10H14N2O3/c1-6(2)12-5-4-7(13)8(10(12)15)9(14)11-3/h4-6,13H,1-3H3,(H,11,14). The van der Waals surface area contributed by atoms with Gasteiger partial charge < -0.3 is 15.0 Å². The van der Waals surface area contributed by atoms with E-state index in [-0.39, 0.29) is 17.4 Å². The van der Waals surface area contributed by atoms with Crippen LogP contribution in [0.3, 0.4) is 0 Å². The summed E-state index contributed by atoms with van der Waals surface area (Å²) in [6, 6.07) is 1.29. The summed E-state index contributed by atoms with van der Waals surface area (Å²) >= 11 is 0. The van der Waals surface area contributed by atoms with E-state index >= 15 is 0 Å². The van der Waals surface area contributed by atoms with Crippen molar-refractivity contribution in [2.75, 3.05) is 7.05 Å². The van der Waals surface area contributed by atoms with Gasteiger partial charge in [-0.15, -0.1) is 0 Å². The maximum atomic E-state index is 11.8. The molecule has 0 aliphatic carbocycles. The van der Waals surface area contributed by atoms with Crippen LogP contribution in [0.4, 0.5) is 0 Å². The van der Waals surface area contributed by atoms with E-state index in [9.17, 15) is 14.7 Å². The average molecular weight is 210 g/mol. The Bertz CT molecular complexity index is 435. The first-order chi connectivity index (χ1) is 6.99. The topological polar surface area (TPSA) is 71.3 Å². The monoisotopic (exact) mass is 210 g/mol. The van der Waals surface area contributed by atoms with Crippen LogP contribution in [0.2, 0.25) is 0 Å². The van der Waals surface area contributed by atoms with Crippen LogP contribution in [0.5, 0.6) is 5.75 Å². The lowest BCUT2D eigenvalue weighted by molar-refractivity contribution is 0.0958. The number of amides is 1. The van der Waals surface area contributed by atoms with E-state index < -0.39 is 11.5 Å². The third kappa shape index (κ3) is 2.01. The van der Waals surface area contributed by atoms with E-state index in [0.717, 1.165) is 0 Å². The Kier molecular flexibility index (Phi) is 3.14. The molecule has 82 valence electrons. The third-order valence-electron chi connectivity index (χ3n) is 2.11. The van der Waals surface area contributed by atoms with Crippen molar-refractivity contribution in [2.24, 2.45) is 0 Å². The normalized spacial score (nSPS) is 10.4. The van der Waals surface area contributed by atoms with Crippen molar-refractivity contribution in [2.45, 2.75) is 19.9 Å². The van der Waals surface area contributed by atoms with Crippen LogP contribution in [0, 0.1) is 0 Å². The fourth-order valence-electron chi connectivity index (χ4n) is 1.29. The molecule has 0 saturated carbocycles. The second-order valence-electron chi connectivity index (χ2n) is 3.46. The van der Waals surface area contributed by atoms with Crippen molar-refractivity contribution < 1.29 is 9.90 Å². The molecule has 0 aromatic carbocycles. The number of hydrogen-bond donors (Lipinski definition) is 2. The quantitative estimate of drug-likeness (QED) is 0.746. The zero-order chi connectivity index (χ0) is 11.6. The van der Waals surface area contributed by atoms with Gasteiger partial charge >= 0.3 is 0 Å². The molecule has 0 atom stereocenters. The molecule has 0 unspecified atom stereocenters. The fourth-order valence-corrected chi connectivity index (χ4v) is 1.29. The summed E-state index contributed by atoms with van der Waals surface area (Å²) in [6.07, 6.45) is 1.47. The molecule has 0 saturated heterocycles. The van der Waals surface area contributed by atoms with Gasteiger partial charge in [-0.05, 0) is 19.9 Å². The number of pyridine rings is 1. The Morgan fingerprint density at radius 2 is 2.13 bits per heavy atom. The van der Waals surface area contributed by atoms with Crippen LogP contribution in [0.15, 0.2) is 17.1 Å². The Labute approximate surface area is 87.4 Å². The van der Waals surface area contributed by atoms with Gasteiger partial charge in [0.05, 0.1) is 0 Å². The lowest BCUT2D eigenvalue weighted by Gasteiger charge is -2.11.